The van der Waals surface area contributed by atoms with E-state index in [0.717, 1.165) is 38.3 Å². The molecule has 0 radical (unpaired) electrons. The maximum absolute atomic E-state index is 15.6. The summed E-state index contributed by atoms with van der Waals surface area (Å²) < 4.78 is 0. The number of anilines is 4. The summed E-state index contributed by atoms with van der Waals surface area (Å²) >= 11 is 0. The molecule has 2 saturated heterocycles. The highest BCUT2D eigenvalue weighted by Crippen LogP contribution is 2.65. The summed E-state index contributed by atoms with van der Waals surface area (Å²) in [5, 5.41) is 18.1. The molecule has 2 aliphatic carbocycles. The summed E-state index contributed by atoms with van der Waals surface area (Å²) in [6.07, 6.45) is 2.46. The highest BCUT2D eigenvalue weighted by Gasteiger charge is 2.70. The van der Waals surface area contributed by atoms with Crippen LogP contribution in [0.25, 0.3) is 10.8 Å². The Morgan fingerprint density at radius 1 is 0.655 bits per heavy atom. The molecule has 3 fully saturated rings. The number of carbonyl (C=O) groups is 4. The molecule has 9 heteroatoms. The fourth-order valence-corrected chi connectivity index (χ4v) is 10.3. The number of amides is 4. The second-order valence-corrected chi connectivity index (χ2v) is 15.9. The van der Waals surface area contributed by atoms with Crippen molar-refractivity contribution in [2.45, 2.75) is 31.1 Å². The SMILES string of the molecule is Cc1ccc(NN2C(=O)[C@@H]3C[C@@H]4C(=CC[C@@H]5C(=O)N(c6ccc(Nc7ccccc7)cc6)C(=O)[C@@H]54)[C@H](c4c(O)ccc5ccccc45)[C@]3(c3ccccc3)C2=O)cc1. The quantitative estimate of drug-likeness (QED) is 0.110. The highest BCUT2D eigenvalue weighted by molar-refractivity contribution is 6.22. The van der Waals surface area contributed by atoms with Crippen molar-refractivity contribution in [1.82, 2.24) is 5.01 Å². The zero-order valence-corrected chi connectivity index (χ0v) is 31.7. The van der Waals surface area contributed by atoms with E-state index in [1.54, 1.807) is 18.2 Å². The van der Waals surface area contributed by atoms with E-state index in [4.69, 9.17) is 0 Å². The fourth-order valence-electron chi connectivity index (χ4n) is 10.3. The van der Waals surface area contributed by atoms with Crippen LogP contribution in [0.3, 0.4) is 0 Å². The van der Waals surface area contributed by atoms with Gasteiger partial charge in [0.15, 0.2) is 0 Å². The third-order valence-corrected chi connectivity index (χ3v) is 12.8. The minimum absolute atomic E-state index is 0.00808. The molecule has 0 unspecified atom stereocenters. The molecule has 0 spiro atoms. The number of phenolic OH excluding ortho intramolecular Hbond substituents is 1. The van der Waals surface area contributed by atoms with Crippen molar-refractivity contribution in [2.24, 2.45) is 23.7 Å². The van der Waals surface area contributed by atoms with Gasteiger partial charge in [0, 0.05) is 22.9 Å². The molecular formula is C49H40N4O5. The Labute approximate surface area is 335 Å². The van der Waals surface area contributed by atoms with Crippen LogP contribution < -0.4 is 15.6 Å². The Hall–Kier alpha value is -7.00. The summed E-state index contributed by atoms with van der Waals surface area (Å²) in [7, 11) is 0. The standard InChI is InChI=1S/C49H40N4O5/c1-29-16-19-34(20-17-29)51-53-46(56)40-28-39-37(25-26-38-42(39)47(57)52(45(38)55)35-23-21-33(22-24-35)50-32-13-6-3-7-14-32)44(49(40,48(53)58)31-11-4-2-5-12-31)43-36-15-9-8-10-30(36)18-27-41(43)54/h2-25,27,38-40,42,44,50-51,54H,26,28H2,1H3/t38-,39+,40-,42-,44+,49+/m0/s1. The molecule has 286 valence electrons. The number of nitrogens with zero attached hydrogens (tertiary/aromatic N) is 2. The fraction of sp³-hybridized carbons (Fsp3) is 0.184. The maximum atomic E-state index is 15.6. The van der Waals surface area contributed by atoms with Crippen LogP contribution in [0.4, 0.5) is 22.7 Å². The van der Waals surface area contributed by atoms with Gasteiger partial charge in [-0.2, -0.15) is 5.01 Å². The minimum atomic E-state index is -1.50. The average Bonchev–Trinajstić information content (AvgIpc) is 3.63. The van der Waals surface area contributed by atoms with E-state index in [9.17, 15) is 14.7 Å². The van der Waals surface area contributed by atoms with Crippen LogP contribution in [0.5, 0.6) is 5.75 Å². The number of aryl methyl sites for hydroxylation is 1. The van der Waals surface area contributed by atoms with Crippen LogP contribution in [0.1, 0.15) is 35.4 Å². The van der Waals surface area contributed by atoms with Crippen molar-refractivity contribution in [3.8, 4) is 5.75 Å². The molecule has 6 atom stereocenters. The molecule has 4 amide bonds. The normalized spacial score (nSPS) is 25.0. The van der Waals surface area contributed by atoms with Crippen molar-refractivity contribution in [2.75, 3.05) is 15.6 Å². The first kappa shape index (κ1) is 35.4. The lowest BCUT2D eigenvalue weighted by atomic mass is 9.48. The Kier molecular flexibility index (Phi) is 8.30. The first-order valence-electron chi connectivity index (χ1n) is 19.7. The number of hydrazine groups is 1. The molecule has 6 aromatic rings. The van der Waals surface area contributed by atoms with E-state index in [-0.39, 0.29) is 30.4 Å². The Balaban J connectivity index is 1.12. The van der Waals surface area contributed by atoms with Crippen LogP contribution in [-0.4, -0.2) is 33.7 Å². The lowest BCUT2D eigenvalue weighted by Crippen LogP contribution is -2.53. The van der Waals surface area contributed by atoms with Gasteiger partial charge in [-0.25, -0.2) is 0 Å². The van der Waals surface area contributed by atoms with Crippen LogP contribution in [0.2, 0.25) is 0 Å². The van der Waals surface area contributed by atoms with Gasteiger partial charge in [0.25, 0.3) is 11.8 Å². The Morgan fingerprint density at radius 2 is 1.31 bits per heavy atom. The summed E-state index contributed by atoms with van der Waals surface area (Å²) in [6.45, 7) is 1.97. The molecule has 0 bridgehead atoms. The third-order valence-electron chi connectivity index (χ3n) is 12.8. The van der Waals surface area contributed by atoms with E-state index < -0.39 is 46.8 Å². The van der Waals surface area contributed by atoms with Crippen molar-refractivity contribution in [3.05, 3.63) is 174 Å². The lowest BCUT2D eigenvalue weighted by molar-refractivity contribution is -0.138. The number of aromatic hydroxyl groups is 1. The van der Waals surface area contributed by atoms with Crippen molar-refractivity contribution in [1.29, 1.82) is 0 Å². The van der Waals surface area contributed by atoms with Crippen LogP contribution in [-0.2, 0) is 24.6 Å². The van der Waals surface area contributed by atoms with Crippen LogP contribution in [0, 0.1) is 30.6 Å². The number of benzene rings is 6. The molecule has 3 N–H and O–H groups in total. The lowest BCUT2D eigenvalue weighted by Gasteiger charge is -2.51. The number of hydrogen-bond acceptors (Lipinski definition) is 7. The van der Waals surface area contributed by atoms with Gasteiger partial charge < -0.3 is 10.4 Å². The predicted molar refractivity (Wildman–Crippen MR) is 223 cm³/mol. The second kappa shape index (κ2) is 13.6. The van der Waals surface area contributed by atoms with E-state index in [0.29, 0.717) is 22.5 Å². The summed E-state index contributed by atoms with van der Waals surface area (Å²) in [4.78, 5) is 61.2. The van der Waals surface area contributed by atoms with Gasteiger partial charge in [-0.3, -0.25) is 29.5 Å². The number of phenols is 1. The highest BCUT2D eigenvalue weighted by atomic mass is 16.3. The summed E-state index contributed by atoms with van der Waals surface area (Å²) in [6, 6.07) is 45.0. The molecule has 4 aliphatic rings. The van der Waals surface area contributed by atoms with Gasteiger partial charge in [-0.05, 0) is 96.6 Å². The monoisotopic (exact) mass is 764 g/mol. The molecule has 2 aliphatic heterocycles. The predicted octanol–water partition coefficient (Wildman–Crippen LogP) is 8.79. The zero-order chi connectivity index (χ0) is 39.7. The van der Waals surface area contributed by atoms with Gasteiger partial charge in [-0.1, -0.05) is 108 Å². The summed E-state index contributed by atoms with van der Waals surface area (Å²) in [5.74, 6) is -5.26. The van der Waals surface area contributed by atoms with Crippen molar-refractivity contribution in [3.63, 3.8) is 0 Å². The van der Waals surface area contributed by atoms with Gasteiger partial charge in [0.2, 0.25) is 11.8 Å². The van der Waals surface area contributed by atoms with Gasteiger partial charge in [0.1, 0.15) is 5.75 Å². The van der Waals surface area contributed by atoms with E-state index in [1.807, 2.05) is 140 Å². The largest absolute Gasteiger partial charge is 0.508 e. The Morgan fingerprint density at radius 3 is 2.05 bits per heavy atom. The number of hydrogen-bond donors (Lipinski definition) is 3. The smallest absolute Gasteiger partial charge is 0.260 e. The Bertz CT molecular complexity index is 2660. The van der Waals surface area contributed by atoms with E-state index >= 15 is 9.59 Å². The number of allylic oxidation sites excluding steroid dienone is 2. The zero-order valence-electron chi connectivity index (χ0n) is 31.7. The average molecular weight is 765 g/mol. The number of para-hydroxylation sites is 1. The molecule has 2 heterocycles. The topological polar surface area (TPSA) is 119 Å². The first-order chi connectivity index (χ1) is 28.3. The minimum Gasteiger partial charge on any atom is -0.508 e. The molecular weight excluding hydrogens is 725 g/mol. The van der Waals surface area contributed by atoms with Gasteiger partial charge in [0.05, 0.1) is 34.5 Å². The molecule has 9 nitrogen and oxygen atoms in total. The van der Waals surface area contributed by atoms with Crippen LogP contribution >= 0.6 is 0 Å². The van der Waals surface area contributed by atoms with Crippen LogP contribution in [0.15, 0.2) is 157 Å². The second-order valence-electron chi connectivity index (χ2n) is 15.9. The first-order valence-corrected chi connectivity index (χ1v) is 19.7. The van der Waals surface area contributed by atoms with Gasteiger partial charge >= 0.3 is 0 Å². The molecule has 6 aromatic carbocycles. The number of carbonyl (C=O) groups excluding carboxylic acids is 4. The molecule has 1 saturated carbocycles. The molecule has 58 heavy (non-hydrogen) atoms. The molecule has 0 aromatic heterocycles. The van der Waals surface area contributed by atoms with E-state index in [2.05, 4.69) is 10.7 Å². The van der Waals surface area contributed by atoms with Crippen molar-refractivity contribution < 1.29 is 24.3 Å². The number of imide groups is 2. The summed E-state index contributed by atoms with van der Waals surface area (Å²) in [5.41, 5.74) is 7.41. The number of rotatable bonds is 7. The van der Waals surface area contributed by atoms with Crippen molar-refractivity contribution >= 4 is 57.2 Å². The van der Waals surface area contributed by atoms with Gasteiger partial charge in [-0.15, -0.1) is 0 Å². The molecule has 10 rings (SSSR count). The third kappa shape index (κ3) is 5.30. The van der Waals surface area contributed by atoms with E-state index in [1.165, 1.54) is 4.90 Å². The number of fused-ring (bicyclic) bond motifs is 5. The number of nitrogens with one attached hydrogen (secondary N) is 2. The maximum Gasteiger partial charge on any atom is 0.260 e.